The van der Waals surface area contributed by atoms with Crippen molar-refractivity contribution >= 4 is 29.1 Å². The van der Waals surface area contributed by atoms with Crippen LogP contribution in [0.4, 0.5) is 5.69 Å². The van der Waals surface area contributed by atoms with Crippen LogP contribution in [0.1, 0.15) is 31.7 Å². The molecule has 0 aliphatic rings. The zero-order valence-corrected chi connectivity index (χ0v) is 13.3. The summed E-state index contributed by atoms with van der Waals surface area (Å²) < 4.78 is 5.17. The Bertz CT molecular complexity index is 518. The van der Waals surface area contributed by atoms with Crippen molar-refractivity contribution in [3.05, 3.63) is 22.7 Å². The molecule has 0 saturated carbocycles. The minimum absolute atomic E-state index is 0.214. The van der Waals surface area contributed by atoms with E-state index in [1.807, 2.05) is 13.8 Å². The van der Waals surface area contributed by atoms with Crippen molar-refractivity contribution in [2.75, 3.05) is 19.0 Å². The molecule has 0 spiro atoms. The minimum atomic E-state index is -0.385. The van der Waals surface area contributed by atoms with Crippen molar-refractivity contribution < 1.29 is 14.3 Å². The summed E-state index contributed by atoms with van der Waals surface area (Å²) in [5.41, 5.74) is 1.32. The van der Waals surface area contributed by atoms with E-state index in [0.717, 1.165) is 18.4 Å². The van der Waals surface area contributed by atoms with E-state index in [9.17, 15) is 9.59 Å². The molecule has 116 valence electrons. The van der Waals surface area contributed by atoms with Crippen LogP contribution in [0.2, 0.25) is 5.02 Å². The summed E-state index contributed by atoms with van der Waals surface area (Å²) in [4.78, 5) is 23.4. The third kappa shape index (κ3) is 5.63. The predicted molar refractivity (Wildman–Crippen MR) is 83.9 cm³/mol. The molecule has 2 N–H and O–H groups in total. The van der Waals surface area contributed by atoms with Gasteiger partial charge in [-0.25, -0.2) is 0 Å². The van der Waals surface area contributed by atoms with E-state index in [4.69, 9.17) is 16.3 Å². The summed E-state index contributed by atoms with van der Waals surface area (Å²) in [6.45, 7) is 4.45. The summed E-state index contributed by atoms with van der Waals surface area (Å²) in [6.07, 6.45) is 1.68. The number of rotatable bonds is 7. The Hall–Kier alpha value is -1.75. The Morgan fingerprint density at radius 3 is 2.62 bits per heavy atom. The minimum Gasteiger partial charge on any atom is -0.495 e. The number of hydrogen-bond acceptors (Lipinski definition) is 3. The standard InChI is InChI=1S/C15H21ClN2O3/c1-4-5-6-17-14(19)9-15(20)18-12-7-10(2)11(16)8-13(12)21-3/h7-8H,4-6,9H2,1-3H3,(H,17,19)(H,18,20). The molecule has 0 unspecified atom stereocenters. The van der Waals surface area contributed by atoms with Crippen LogP contribution in [0, 0.1) is 6.92 Å². The van der Waals surface area contributed by atoms with Gasteiger partial charge in [-0.15, -0.1) is 0 Å². The lowest BCUT2D eigenvalue weighted by Crippen LogP contribution is -2.28. The van der Waals surface area contributed by atoms with Crippen LogP contribution in [0.3, 0.4) is 0 Å². The number of nitrogens with one attached hydrogen (secondary N) is 2. The molecule has 1 rings (SSSR count). The highest BCUT2D eigenvalue weighted by molar-refractivity contribution is 6.31. The number of methoxy groups -OCH3 is 1. The third-order valence-corrected chi connectivity index (χ3v) is 3.34. The number of aryl methyl sites for hydroxylation is 1. The first kappa shape index (κ1) is 17.3. The van der Waals surface area contributed by atoms with Crippen molar-refractivity contribution in [3.63, 3.8) is 0 Å². The van der Waals surface area contributed by atoms with Gasteiger partial charge in [0, 0.05) is 17.6 Å². The van der Waals surface area contributed by atoms with E-state index in [-0.39, 0.29) is 18.2 Å². The van der Waals surface area contributed by atoms with E-state index < -0.39 is 0 Å². The molecule has 0 aliphatic carbocycles. The first-order valence-corrected chi connectivity index (χ1v) is 7.26. The fourth-order valence-corrected chi connectivity index (χ4v) is 1.89. The number of carbonyl (C=O) groups excluding carboxylic acids is 2. The van der Waals surface area contributed by atoms with Crippen molar-refractivity contribution in [3.8, 4) is 5.75 Å². The SMILES string of the molecule is CCCCNC(=O)CC(=O)Nc1cc(C)c(Cl)cc1OC. The molecule has 2 amide bonds. The number of ether oxygens (including phenoxy) is 1. The summed E-state index contributed by atoms with van der Waals surface area (Å²) in [5.74, 6) is -0.208. The number of unbranched alkanes of at least 4 members (excludes halogenated alkanes) is 1. The summed E-state index contributed by atoms with van der Waals surface area (Å²) in [5, 5.41) is 5.92. The lowest BCUT2D eigenvalue weighted by molar-refractivity contribution is -0.126. The molecule has 0 aromatic heterocycles. The highest BCUT2D eigenvalue weighted by Gasteiger charge is 2.13. The van der Waals surface area contributed by atoms with Gasteiger partial charge in [0.2, 0.25) is 11.8 Å². The molecule has 0 aliphatic heterocycles. The summed E-state index contributed by atoms with van der Waals surface area (Å²) >= 11 is 6.00. The van der Waals surface area contributed by atoms with E-state index in [1.54, 1.807) is 12.1 Å². The lowest BCUT2D eigenvalue weighted by Gasteiger charge is -2.12. The topological polar surface area (TPSA) is 67.4 Å². The van der Waals surface area contributed by atoms with E-state index in [2.05, 4.69) is 10.6 Å². The first-order valence-electron chi connectivity index (χ1n) is 6.88. The Morgan fingerprint density at radius 2 is 2.00 bits per heavy atom. The molecule has 6 heteroatoms. The molecular formula is C15H21ClN2O3. The average Bonchev–Trinajstić information content (AvgIpc) is 2.42. The van der Waals surface area contributed by atoms with Crippen LogP contribution in [0.15, 0.2) is 12.1 Å². The van der Waals surface area contributed by atoms with Gasteiger partial charge in [-0.05, 0) is 25.0 Å². The number of anilines is 1. The monoisotopic (exact) mass is 312 g/mol. The smallest absolute Gasteiger partial charge is 0.233 e. The maximum absolute atomic E-state index is 11.9. The van der Waals surface area contributed by atoms with Gasteiger partial charge in [0.15, 0.2) is 0 Å². The van der Waals surface area contributed by atoms with Gasteiger partial charge in [-0.2, -0.15) is 0 Å². The summed E-state index contributed by atoms with van der Waals surface area (Å²) in [6, 6.07) is 3.35. The highest BCUT2D eigenvalue weighted by Crippen LogP contribution is 2.30. The predicted octanol–water partition coefficient (Wildman–Crippen LogP) is 2.90. The quantitative estimate of drug-likeness (QED) is 0.601. The second kappa shape index (κ2) is 8.52. The Labute approximate surface area is 130 Å². The van der Waals surface area contributed by atoms with Gasteiger partial charge in [-0.3, -0.25) is 9.59 Å². The maximum atomic E-state index is 11.9. The van der Waals surface area contributed by atoms with E-state index in [0.29, 0.717) is 23.0 Å². The van der Waals surface area contributed by atoms with Gasteiger partial charge in [-0.1, -0.05) is 24.9 Å². The third-order valence-electron chi connectivity index (χ3n) is 2.93. The number of hydrogen-bond donors (Lipinski definition) is 2. The van der Waals surface area contributed by atoms with Crippen LogP contribution in [0.5, 0.6) is 5.75 Å². The fourth-order valence-electron chi connectivity index (χ4n) is 1.74. The molecule has 0 bridgehead atoms. The van der Waals surface area contributed by atoms with Crippen LogP contribution in [-0.2, 0) is 9.59 Å². The van der Waals surface area contributed by atoms with Gasteiger partial charge >= 0.3 is 0 Å². The lowest BCUT2D eigenvalue weighted by atomic mass is 10.2. The molecule has 0 fully saturated rings. The van der Waals surface area contributed by atoms with Crippen LogP contribution in [0.25, 0.3) is 0 Å². The highest BCUT2D eigenvalue weighted by atomic mass is 35.5. The first-order chi connectivity index (χ1) is 9.97. The fraction of sp³-hybridized carbons (Fsp3) is 0.467. The largest absolute Gasteiger partial charge is 0.495 e. The number of carbonyl (C=O) groups is 2. The van der Waals surface area contributed by atoms with Gasteiger partial charge < -0.3 is 15.4 Å². The molecule has 1 aromatic carbocycles. The Kier molecular flexibility index (Phi) is 7.02. The Morgan fingerprint density at radius 1 is 1.29 bits per heavy atom. The Balaban J connectivity index is 2.62. The zero-order chi connectivity index (χ0) is 15.8. The second-order valence-electron chi connectivity index (χ2n) is 4.73. The molecule has 0 saturated heterocycles. The van der Waals surface area contributed by atoms with E-state index in [1.165, 1.54) is 7.11 Å². The van der Waals surface area contributed by atoms with Crippen molar-refractivity contribution in [2.24, 2.45) is 0 Å². The van der Waals surface area contributed by atoms with Gasteiger partial charge in [0.25, 0.3) is 0 Å². The second-order valence-corrected chi connectivity index (χ2v) is 5.14. The van der Waals surface area contributed by atoms with Crippen molar-refractivity contribution in [1.29, 1.82) is 0 Å². The molecule has 21 heavy (non-hydrogen) atoms. The molecule has 1 aromatic rings. The van der Waals surface area contributed by atoms with Crippen LogP contribution < -0.4 is 15.4 Å². The van der Waals surface area contributed by atoms with E-state index >= 15 is 0 Å². The normalized spacial score (nSPS) is 10.1. The van der Waals surface area contributed by atoms with Crippen molar-refractivity contribution in [2.45, 2.75) is 33.1 Å². The summed E-state index contributed by atoms with van der Waals surface area (Å²) in [7, 11) is 1.49. The number of benzene rings is 1. The molecule has 5 nitrogen and oxygen atoms in total. The molecule has 0 radical (unpaired) electrons. The number of amides is 2. The van der Waals surface area contributed by atoms with Crippen LogP contribution in [-0.4, -0.2) is 25.5 Å². The van der Waals surface area contributed by atoms with Crippen molar-refractivity contribution in [1.82, 2.24) is 5.32 Å². The van der Waals surface area contributed by atoms with Gasteiger partial charge in [0.1, 0.15) is 12.2 Å². The maximum Gasteiger partial charge on any atom is 0.233 e. The zero-order valence-electron chi connectivity index (χ0n) is 12.6. The van der Waals surface area contributed by atoms with Crippen LogP contribution >= 0.6 is 11.6 Å². The number of halogens is 1. The molecule has 0 heterocycles. The molecular weight excluding hydrogens is 292 g/mol. The van der Waals surface area contributed by atoms with Gasteiger partial charge in [0.05, 0.1) is 12.8 Å². The average molecular weight is 313 g/mol. The molecule has 0 atom stereocenters.